The minimum absolute atomic E-state index is 0.0119. The Labute approximate surface area is 103 Å². The molecule has 0 spiro atoms. The van der Waals surface area contributed by atoms with Crippen molar-refractivity contribution < 1.29 is 23.8 Å². The molecule has 0 aliphatic heterocycles. The molecule has 1 rings (SSSR count). The number of hydrogen-bond acceptors (Lipinski definition) is 3. The fraction of sp³-hybridized carbons (Fsp3) is 0.167. The van der Waals surface area contributed by atoms with Crippen molar-refractivity contribution in [2.75, 3.05) is 18.6 Å². The number of carboxylic acids is 1. The molecule has 0 aromatic heterocycles. The Balaban J connectivity index is 2.92. The first-order chi connectivity index (χ1) is 8.47. The van der Waals surface area contributed by atoms with E-state index in [-0.39, 0.29) is 17.9 Å². The molecule has 0 saturated heterocycles. The maximum Gasteiger partial charge on any atom is 0.414 e. The maximum absolute atomic E-state index is 13.6. The van der Waals surface area contributed by atoms with E-state index >= 15 is 0 Å². The molecule has 18 heavy (non-hydrogen) atoms. The van der Waals surface area contributed by atoms with Gasteiger partial charge in [0, 0.05) is 7.05 Å². The Bertz CT molecular complexity index is 487. The fourth-order valence-corrected chi connectivity index (χ4v) is 1.24. The predicted octanol–water partition coefficient (Wildman–Crippen LogP) is 2.28. The van der Waals surface area contributed by atoms with E-state index in [4.69, 9.17) is 9.84 Å². The SMILES string of the molecule is C=CCOC(=O)N(C)c1ccc(C(=O)O)cc1F. The third kappa shape index (κ3) is 3.07. The highest BCUT2D eigenvalue weighted by molar-refractivity contribution is 5.90. The van der Waals surface area contributed by atoms with Crippen LogP contribution in [0, 0.1) is 5.82 Å². The van der Waals surface area contributed by atoms with Crippen molar-refractivity contribution in [1.82, 2.24) is 0 Å². The van der Waals surface area contributed by atoms with Crippen LogP contribution in [0.1, 0.15) is 10.4 Å². The number of carboxylic acid groups (broad SMARTS) is 1. The zero-order chi connectivity index (χ0) is 13.7. The van der Waals surface area contributed by atoms with E-state index in [0.717, 1.165) is 11.0 Å². The second kappa shape index (κ2) is 5.81. The third-order valence-corrected chi connectivity index (χ3v) is 2.15. The van der Waals surface area contributed by atoms with Gasteiger partial charge >= 0.3 is 12.1 Å². The first-order valence-electron chi connectivity index (χ1n) is 5.01. The van der Waals surface area contributed by atoms with Gasteiger partial charge in [0.25, 0.3) is 0 Å². The van der Waals surface area contributed by atoms with Gasteiger partial charge in [0.1, 0.15) is 12.4 Å². The maximum atomic E-state index is 13.6. The number of rotatable bonds is 4. The van der Waals surface area contributed by atoms with E-state index in [1.165, 1.54) is 25.3 Å². The summed E-state index contributed by atoms with van der Waals surface area (Å²) in [5.41, 5.74) is -0.252. The minimum atomic E-state index is -1.24. The summed E-state index contributed by atoms with van der Waals surface area (Å²) < 4.78 is 18.3. The van der Waals surface area contributed by atoms with Gasteiger partial charge in [-0.05, 0) is 18.2 Å². The quantitative estimate of drug-likeness (QED) is 0.836. The topological polar surface area (TPSA) is 66.8 Å². The number of hydrogen-bond donors (Lipinski definition) is 1. The van der Waals surface area contributed by atoms with Gasteiger partial charge in [0.2, 0.25) is 0 Å². The molecule has 6 heteroatoms. The van der Waals surface area contributed by atoms with E-state index in [0.29, 0.717) is 0 Å². The van der Waals surface area contributed by atoms with Crippen molar-refractivity contribution in [2.24, 2.45) is 0 Å². The monoisotopic (exact) mass is 253 g/mol. The number of benzene rings is 1. The summed E-state index contributed by atoms with van der Waals surface area (Å²) in [5.74, 6) is -2.05. The first kappa shape index (κ1) is 13.7. The number of nitrogens with zero attached hydrogens (tertiary/aromatic N) is 1. The van der Waals surface area contributed by atoms with Crippen molar-refractivity contribution in [3.63, 3.8) is 0 Å². The summed E-state index contributed by atoms with van der Waals surface area (Å²) in [5, 5.41) is 8.68. The Morgan fingerprint density at radius 2 is 2.22 bits per heavy atom. The lowest BCUT2D eigenvalue weighted by Crippen LogP contribution is -2.28. The van der Waals surface area contributed by atoms with Crippen LogP contribution in [-0.4, -0.2) is 30.8 Å². The zero-order valence-corrected chi connectivity index (χ0v) is 9.72. The summed E-state index contributed by atoms with van der Waals surface area (Å²) in [6.45, 7) is 3.39. The van der Waals surface area contributed by atoms with Gasteiger partial charge in [0.05, 0.1) is 11.3 Å². The van der Waals surface area contributed by atoms with Crippen molar-refractivity contribution in [1.29, 1.82) is 0 Å². The molecule has 0 aliphatic carbocycles. The van der Waals surface area contributed by atoms with E-state index in [1.807, 2.05) is 0 Å². The van der Waals surface area contributed by atoms with Crippen LogP contribution >= 0.6 is 0 Å². The Kier molecular flexibility index (Phi) is 4.42. The highest BCUT2D eigenvalue weighted by Gasteiger charge is 2.17. The summed E-state index contributed by atoms with van der Waals surface area (Å²) in [6, 6.07) is 3.25. The van der Waals surface area contributed by atoms with Gasteiger partial charge in [0.15, 0.2) is 0 Å². The molecule has 0 aliphatic rings. The highest BCUT2D eigenvalue weighted by Crippen LogP contribution is 2.20. The van der Waals surface area contributed by atoms with Crippen LogP contribution in [-0.2, 0) is 4.74 Å². The first-order valence-corrected chi connectivity index (χ1v) is 5.01. The number of anilines is 1. The average Bonchev–Trinajstić information content (AvgIpc) is 2.34. The lowest BCUT2D eigenvalue weighted by molar-refractivity contribution is 0.0696. The summed E-state index contributed by atoms with van der Waals surface area (Å²) in [6.07, 6.45) is 0.632. The predicted molar refractivity (Wildman–Crippen MR) is 63.3 cm³/mol. The number of amides is 1. The smallest absolute Gasteiger partial charge is 0.414 e. The molecule has 1 aromatic rings. The largest absolute Gasteiger partial charge is 0.478 e. The Hall–Kier alpha value is -2.37. The highest BCUT2D eigenvalue weighted by atomic mass is 19.1. The van der Waals surface area contributed by atoms with E-state index in [1.54, 1.807) is 0 Å². The zero-order valence-electron chi connectivity index (χ0n) is 9.72. The third-order valence-electron chi connectivity index (χ3n) is 2.15. The van der Waals surface area contributed by atoms with E-state index in [9.17, 15) is 14.0 Å². The molecule has 96 valence electrons. The molecular formula is C12H12FNO4. The van der Waals surface area contributed by atoms with Gasteiger partial charge in [-0.15, -0.1) is 0 Å². The molecule has 1 aromatic carbocycles. The minimum Gasteiger partial charge on any atom is -0.478 e. The van der Waals surface area contributed by atoms with Crippen molar-refractivity contribution in [3.05, 3.63) is 42.2 Å². The molecular weight excluding hydrogens is 241 g/mol. The van der Waals surface area contributed by atoms with E-state index in [2.05, 4.69) is 6.58 Å². The molecule has 1 amide bonds. The number of halogens is 1. The van der Waals surface area contributed by atoms with Gasteiger partial charge in [-0.3, -0.25) is 4.90 Å². The molecule has 1 N–H and O–H groups in total. The molecule has 5 nitrogen and oxygen atoms in total. The molecule has 0 unspecified atom stereocenters. The molecule has 0 fully saturated rings. The van der Waals surface area contributed by atoms with Crippen LogP contribution < -0.4 is 4.90 Å². The second-order valence-electron chi connectivity index (χ2n) is 3.40. The molecule has 0 bridgehead atoms. The Morgan fingerprint density at radius 1 is 1.56 bits per heavy atom. The number of carbonyl (C=O) groups excluding carboxylic acids is 1. The van der Waals surface area contributed by atoms with E-state index < -0.39 is 17.9 Å². The summed E-state index contributed by atoms with van der Waals surface area (Å²) in [4.78, 5) is 23.0. The van der Waals surface area contributed by atoms with Crippen LogP contribution in [0.5, 0.6) is 0 Å². The molecule has 0 saturated carbocycles. The molecule has 0 radical (unpaired) electrons. The van der Waals surface area contributed by atoms with Crippen molar-refractivity contribution in [2.45, 2.75) is 0 Å². The average molecular weight is 253 g/mol. The molecule has 0 atom stereocenters. The second-order valence-corrected chi connectivity index (χ2v) is 3.40. The number of carbonyl (C=O) groups is 2. The van der Waals surface area contributed by atoms with Crippen LogP contribution in [0.15, 0.2) is 30.9 Å². The standard InChI is InChI=1S/C12H12FNO4/c1-3-6-18-12(17)14(2)10-5-4-8(11(15)16)7-9(10)13/h3-5,7H,1,6H2,2H3,(H,15,16). The lowest BCUT2D eigenvalue weighted by atomic mass is 10.2. The lowest BCUT2D eigenvalue weighted by Gasteiger charge is -2.17. The van der Waals surface area contributed by atoms with Crippen LogP contribution in [0.25, 0.3) is 0 Å². The summed E-state index contributed by atoms with van der Waals surface area (Å²) >= 11 is 0. The fourth-order valence-electron chi connectivity index (χ4n) is 1.24. The van der Waals surface area contributed by atoms with Crippen molar-refractivity contribution in [3.8, 4) is 0 Å². The van der Waals surface area contributed by atoms with Gasteiger partial charge in [-0.25, -0.2) is 14.0 Å². The van der Waals surface area contributed by atoms with Crippen LogP contribution in [0.2, 0.25) is 0 Å². The normalized spacial score (nSPS) is 9.67. The number of aromatic carboxylic acids is 1. The van der Waals surface area contributed by atoms with Gasteiger partial charge < -0.3 is 9.84 Å². The van der Waals surface area contributed by atoms with Crippen LogP contribution in [0.4, 0.5) is 14.9 Å². The van der Waals surface area contributed by atoms with Crippen LogP contribution in [0.3, 0.4) is 0 Å². The van der Waals surface area contributed by atoms with Gasteiger partial charge in [-0.2, -0.15) is 0 Å². The van der Waals surface area contributed by atoms with Crippen molar-refractivity contribution >= 4 is 17.7 Å². The number of ether oxygens (including phenoxy) is 1. The summed E-state index contributed by atoms with van der Waals surface area (Å²) in [7, 11) is 1.32. The Morgan fingerprint density at radius 3 is 2.72 bits per heavy atom. The molecule has 0 heterocycles. The van der Waals surface area contributed by atoms with Gasteiger partial charge in [-0.1, -0.05) is 12.7 Å².